The first-order valence-electron chi connectivity index (χ1n) is 22.6. The molecule has 0 aliphatic heterocycles. The number of nitrogens with zero attached hydrogens (tertiary/aromatic N) is 5. The highest BCUT2D eigenvalue weighted by atomic mass is 16.3. The minimum absolute atomic E-state index is 0.615. The Morgan fingerprint density at radius 1 is 0.328 bits per heavy atom. The minimum atomic E-state index is 0.615. The molecule has 0 bridgehead atoms. The van der Waals surface area contributed by atoms with Crippen molar-refractivity contribution in [3.05, 3.63) is 224 Å². The molecule has 14 rings (SSSR count). The fourth-order valence-corrected chi connectivity index (χ4v) is 10.3. The molecule has 4 heterocycles. The maximum absolute atomic E-state index is 6.94. The van der Waals surface area contributed by atoms with Gasteiger partial charge in [0.25, 0.3) is 0 Å². The number of aromatic nitrogens is 5. The van der Waals surface area contributed by atoms with Crippen LogP contribution in [0.4, 0.5) is 0 Å². The quantitative estimate of drug-likeness (QED) is 0.167. The fourth-order valence-electron chi connectivity index (χ4n) is 10.3. The van der Waals surface area contributed by atoms with Crippen molar-refractivity contribution in [1.29, 1.82) is 0 Å². The van der Waals surface area contributed by atoms with E-state index in [9.17, 15) is 0 Å². The van der Waals surface area contributed by atoms with Gasteiger partial charge in [-0.05, 0) is 59.5 Å². The van der Waals surface area contributed by atoms with Gasteiger partial charge in [-0.1, -0.05) is 176 Å². The van der Waals surface area contributed by atoms with Crippen LogP contribution in [-0.4, -0.2) is 24.1 Å². The monoisotopic (exact) mass is 855 g/mol. The van der Waals surface area contributed by atoms with Crippen LogP contribution in [0.3, 0.4) is 0 Å². The van der Waals surface area contributed by atoms with Crippen LogP contribution in [0, 0.1) is 0 Å². The van der Waals surface area contributed by atoms with Gasteiger partial charge in [0.2, 0.25) is 0 Å². The summed E-state index contributed by atoms with van der Waals surface area (Å²) in [5.41, 5.74) is 13.4. The first kappa shape index (κ1) is 37.3. The molecule has 6 nitrogen and oxygen atoms in total. The Kier molecular flexibility index (Phi) is 8.18. The molecule has 0 aliphatic carbocycles. The van der Waals surface area contributed by atoms with Crippen LogP contribution in [0.15, 0.2) is 229 Å². The molecule has 0 unspecified atom stereocenters. The summed E-state index contributed by atoms with van der Waals surface area (Å²) in [5, 5.41) is 9.11. The number of para-hydroxylation sites is 3. The van der Waals surface area contributed by atoms with E-state index in [1.807, 2.05) is 66.7 Å². The molecule has 312 valence electrons. The van der Waals surface area contributed by atoms with Gasteiger partial charge in [0, 0.05) is 65.9 Å². The molecule has 6 heteroatoms. The van der Waals surface area contributed by atoms with Gasteiger partial charge >= 0.3 is 0 Å². The van der Waals surface area contributed by atoms with E-state index in [0.717, 1.165) is 88.5 Å². The van der Waals surface area contributed by atoms with Crippen LogP contribution in [0.1, 0.15) is 0 Å². The lowest BCUT2D eigenvalue weighted by molar-refractivity contribution is 0.673. The first-order valence-corrected chi connectivity index (χ1v) is 22.6. The van der Waals surface area contributed by atoms with Crippen molar-refractivity contribution >= 4 is 76.3 Å². The summed E-state index contributed by atoms with van der Waals surface area (Å²) in [4.78, 5) is 15.1. The van der Waals surface area contributed by atoms with Crippen molar-refractivity contribution in [2.24, 2.45) is 0 Å². The summed E-state index contributed by atoms with van der Waals surface area (Å²) in [6.07, 6.45) is 0. The first-order chi connectivity index (χ1) is 33.2. The second-order valence-corrected chi connectivity index (χ2v) is 17.1. The van der Waals surface area contributed by atoms with Gasteiger partial charge in [-0.15, -0.1) is 0 Å². The van der Waals surface area contributed by atoms with E-state index < -0.39 is 0 Å². The number of fused-ring (bicyclic) bond motifs is 12. The number of furan rings is 1. The van der Waals surface area contributed by atoms with E-state index >= 15 is 0 Å². The highest BCUT2D eigenvalue weighted by Crippen LogP contribution is 2.47. The van der Waals surface area contributed by atoms with Gasteiger partial charge < -0.3 is 13.6 Å². The Hall–Kier alpha value is -9.13. The average molecular weight is 856 g/mol. The standard InChI is InChI=1S/C61H37N5O/c1-4-17-40(18-5-1)59-62-60(41-19-6-2-7-20-41)64-61(63-59)42-30-28-39(29-31-42)49-37-51-47-25-13-15-27-54(47)67-58(51)55-48-34-32-38-16-10-11-23-45(38)56(48)66(57(49)55)44-33-35-53-50(36-44)46-24-12-14-26-52(46)65(53)43-21-8-3-9-22-43/h1-37H. The van der Waals surface area contributed by atoms with E-state index in [4.69, 9.17) is 19.4 Å². The molecule has 0 radical (unpaired) electrons. The highest BCUT2D eigenvalue weighted by Gasteiger charge is 2.25. The largest absolute Gasteiger partial charge is 0.455 e. The molecular weight excluding hydrogens is 819 g/mol. The normalized spacial score (nSPS) is 11.9. The summed E-state index contributed by atoms with van der Waals surface area (Å²) in [5.74, 6) is 1.88. The fraction of sp³-hybridized carbons (Fsp3) is 0. The number of hydrogen-bond donors (Lipinski definition) is 0. The number of hydrogen-bond acceptors (Lipinski definition) is 4. The lowest BCUT2D eigenvalue weighted by atomic mass is 9.97. The Bertz CT molecular complexity index is 4190. The van der Waals surface area contributed by atoms with Crippen molar-refractivity contribution in [2.75, 3.05) is 0 Å². The van der Waals surface area contributed by atoms with Gasteiger partial charge in [0.15, 0.2) is 17.5 Å². The number of benzene rings is 10. The third kappa shape index (κ3) is 5.80. The maximum Gasteiger partial charge on any atom is 0.164 e. The Morgan fingerprint density at radius 3 is 1.61 bits per heavy atom. The van der Waals surface area contributed by atoms with Gasteiger partial charge in [-0.25, -0.2) is 15.0 Å². The summed E-state index contributed by atoms with van der Waals surface area (Å²) < 4.78 is 11.8. The summed E-state index contributed by atoms with van der Waals surface area (Å²) >= 11 is 0. The van der Waals surface area contributed by atoms with Crippen molar-refractivity contribution < 1.29 is 4.42 Å². The molecule has 0 atom stereocenters. The van der Waals surface area contributed by atoms with Crippen LogP contribution in [-0.2, 0) is 0 Å². The highest BCUT2D eigenvalue weighted by molar-refractivity contribution is 6.30. The molecule has 0 spiro atoms. The van der Waals surface area contributed by atoms with Crippen molar-refractivity contribution in [3.8, 4) is 56.7 Å². The van der Waals surface area contributed by atoms with E-state index in [2.05, 4.69) is 167 Å². The van der Waals surface area contributed by atoms with E-state index in [1.54, 1.807) is 0 Å². The Morgan fingerprint density at radius 2 is 0.896 bits per heavy atom. The van der Waals surface area contributed by atoms with Crippen LogP contribution < -0.4 is 0 Å². The minimum Gasteiger partial charge on any atom is -0.455 e. The molecule has 4 aromatic heterocycles. The smallest absolute Gasteiger partial charge is 0.164 e. The molecule has 0 N–H and O–H groups in total. The van der Waals surface area contributed by atoms with Crippen molar-refractivity contribution in [3.63, 3.8) is 0 Å². The van der Waals surface area contributed by atoms with Gasteiger partial charge in [0.1, 0.15) is 11.2 Å². The summed E-state index contributed by atoms with van der Waals surface area (Å²) in [6.45, 7) is 0. The molecular formula is C61H37N5O. The Balaban J connectivity index is 1.05. The molecule has 10 aromatic carbocycles. The van der Waals surface area contributed by atoms with E-state index in [-0.39, 0.29) is 0 Å². The average Bonchev–Trinajstić information content (AvgIpc) is 4.07. The number of rotatable bonds is 6. The molecule has 14 aromatic rings. The predicted molar refractivity (Wildman–Crippen MR) is 275 cm³/mol. The molecule has 0 fully saturated rings. The molecule has 0 amide bonds. The predicted octanol–water partition coefficient (Wildman–Crippen LogP) is 15.8. The third-order valence-corrected chi connectivity index (χ3v) is 13.3. The van der Waals surface area contributed by atoms with Crippen LogP contribution in [0.2, 0.25) is 0 Å². The molecule has 67 heavy (non-hydrogen) atoms. The molecule has 0 saturated heterocycles. The van der Waals surface area contributed by atoms with Crippen LogP contribution >= 0.6 is 0 Å². The Labute approximate surface area is 384 Å². The lowest BCUT2D eigenvalue weighted by Crippen LogP contribution is -2.00. The lowest BCUT2D eigenvalue weighted by Gasteiger charge is -2.14. The van der Waals surface area contributed by atoms with E-state index in [1.165, 1.54) is 27.1 Å². The molecule has 0 saturated carbocycles. The maximum atomic E-state index is 6.94. The topological polar surface area (TPSA) is 61.7 Å². The van der Waals surface area contributed by atoms with Gasteiger partial charge in [-0.3, -0.25) is 0 Å². The van der Waals surface area contributed by atoms with Crippen molar-refractivity contribution in [2.45, 2.75) is 0 Å². The second kappa shape index (κ2) is 14.7. The summed E-state index contributed by atoms with van der Waals surface area (Å²) in [6, 6.07) is 79.2. The zero-order valence-corrected chi connectivity index (χ0v) is 36.0. The third-order valence-electron chi connectivity index (χ3n) is 13.3. The second-order valence-electron chi connectivity index (χ2n) is 17.1. The van der Waals surface area contributed by atoms with Gasteiger partial charge in [-0.2, -0.15) is 0 Å². The summed E-state index contributed by atoms with van der Waals surface area (Å²) in [7, 11) is 0. The van der Waals surface area contributed by atoms with Crippen LogP contribution in [0.25, 0.3) is 133 Å². The van der Waals surface area contributed by atoms with Crippen molar-refractivity contribution in [1.82, 2.24) is 24.1 Å². The molecule has 0 aliphatic rings. The zero-order chi connectivity index (χ0) is 44.0. The van der Waals surface area contributed by atoms with Gasteiger partial charge in [0.05, 0.1) is 27.5 Å². The van der Waals surface area contributed by atoms with E-state index in [0.29, 0.717) is 17.5 Å². The zero-order valence-electron chi connectivity index (χ0n) is 36.0. The van der Waals surface area contributed by atoms with Crippen LogP contribution in [0.5, 0.6) is 0 Å². The SMILES string of the molecule is c1ccc(-c2nc(-c3ccccc3)nc(-c3ccc(-c4cc5c6ccccc6oc5c5c6ccc7ccccc7c6n(-c6ccc7c(c6)c6ccccc6n7-c6ccccc6)c45)cc3)n2)cc1.